The van der Waals surface area contributed by atoms with E-state index in [-0.39, 0.29) is 18.2 Å². The molecule has 0 spiro atoms. The van der Waals surface area contributed by atoms with Gasteiger partial charge in [-0.15, -0.1) is 11.3 Å². The van der Waals surface area contributed by atoms with Crippen LogP contribution in [0.3, 0.4) is 0 Å². The Morgan fingerprint density at radius 3 is 2.54 bits per heavy atom. The van der Waals surface area contributed by atoms with Gasteiger partial charge in [0.2, 0.25) is 5.91 Å². The first-order valence-corrected chi connectivity index (χ1v) is 13.8. The number of benzene rings is 3. The average Bonchev–Trinajstić information content (AvgIpc) is 3.48. The number of nitrogens with zero attached hydrogens (tertiary/aromatic N) is 3. The van der Waals surface area contributed by atoms with Crippen molar-refractivity contribution in [3.63, 3.8) is 0 Å². The zero-order chi connectivity index (χ0) is 27.9. The van der Waals surface area contributed by atoms with Crippen molar-refractivity contribution in [2.45, 2.75) is 52.1 Å². The van der Waals surface area contributed by atoms with Crippen molar-refractivity contribution in [2.24, 2.45) is 0 Å². The minimum atomic E-state index is -0.904. The third kappa shape index (κ3) is 4.92. The van der Waals surface area contributed by atoms with Crippen LogP contribution in [-0.4, -0.2) is 46.3 Å². The van der Waals surface area contributed by atoms with Gasteiger partial charge in [0.25, 0.3) is 11.8 Å². The van der Waals surface area contributed by atoms with E-state index >= 15 is 0 Å². The number of amides is 3. The molecule has 4 aromatic rings. The number of methoxy groups -OCH3 is 1. The molecular weight excluding hydrogens is 510 g/mol. The van der Waals surface area contributed by atoms with E-state index in [1.54, 1.807) is 52.6 Å². The number of hydrogen-bond donors (Lipinski definition) is 0. The fourth-order valence-corrected chi connectivity index (χ4v) is 5.97. The van der Waals surface area contributed by atoms with E-state index in [0.29, 0.717) is 23.4 Å². The minimum Gasteiger partial charge on any atom is -0.497 e. The molecule has 3 aromatic carbocycles. The Kier molecular flexibility index (Phi) is 6.99. The molecule has 0 saturated carbocycles. The second-order valence-corrected chi connectivity index (χ2v) is 11.4. The lowest BCUT2D eigenvalue weighted by Gasteiger charge is -2.41. The van der Waals surface area contributed by atoms with E-state index in [0.717, 1.165) is 20.8 Å². The number of rotatable bonds is 7. The molecule has 1 saturated heterocycles. The van der Waals surface area contributed by atoms with Gasteiger partial charge in [0.1, 0.15) is 16.8 Å². The SMILES string of the molecule is CCC(C)(C)N(C(=O)c1cccc(OC)c1)C1CC(=O)N(c2ccc(-c3nc4ccc(C)cc4s3)cc2)C1=O. The number of aromatic nitrogens is 1. The Morgan fingerprint density at radius 2 is 1.85 bits per heavy atom. The van der Waals surface area contributed by atoms with Crippen LogP contribution < -0.4 is 9.64 Å². The molecule has 1 aromatic heterocycles. The summed E-state index contributed by atoms with van der Waals surface area (Å²) < 4.78 is 6.41. The number of thiazole rings is 1. The number of aryl methyl sites for hydroxylation is 1. The Morgan fingerprint density at radius 1 is 1.10 bits per heavy atom. The zero-order valence-corrected chi connectivity index (χ0v) is 23.5. The number of hydrogen-bond acceptors (Lipinski definition) is 6. The van der Waals surface area contributed by atoms with Crippen LogP contribution in [0.15, 0.2) is 66.7 Å². The maximum atomic E-state index is 13.8. The monoisotopic (exact) mass is 541 g/mol. The third-order valence-electron chi connectivity index (χ3n) is 7.40. The molecule has 5 rings (SSSR count). The van der Waals surface area contributed by atoms with E-state index < -0.39 is 17.5 Å². The molecule has 1 unspecified atom stereocenters. The lowest BCUT2D eigenvalue weighted by Crippen LogP contribution is -2.55. The number of carbonyl (C=O) groups is 3. The Bertz CT molecular complexity index is 1570. The molecule has 0 bridgehead atoms. The molecule has 8 heteroatoms. The van der Waals surface area contributed by atoms with Gasteiger partial charge < -0.3 is 9.64 Å². The number of ether oxygens (including phenoxy) is 1. The van der Waals surface area contributed by atoms with Gasteiger partial charge in [0, 0.05) is 16.7 Å². The summed E-state index contributed by atoms with van der Waals surface area (Å²) in [5.41, 5.74) is 3.26. The quantitative estimate of drug-likeness (QED) is 0.259. The number of anilines is 1. The summed E-state index contributed by atoms with van der Waals surface area (Å²) >= 11 is 1.61. The van der Waals surface area contributed by atoms with Crippen LogP contribution in [0.25, 0.3) is 20.8 Å². The highest BCUT2D eigenvalue weighted by Gasteiger charge is 2.48. The molecule has 200 valence electrons. The van der Waals surface area contributed by atoms with Crippen LogP contribution in [0, 0.1) is 6.92 Å². The van der Waals surface area contributed by atoms with Crippen LogP contribution in [0.5, 0.6) is 5.75 Å². The number of imide groups is 1. The Hall–Kier alpha value is -4.04. The normalized spacial score (nSPS) is 15.7. The van der Waals surface area contributed by atoms with Crippen molar-refractivity contribution >= 4 is 45.0 Å². The van der Waals surface area contributed by atoms with Crippen LogP contribution in [0.4, 0.5) is 5.69 Å². The molecule has 39 heavy (non-hydrogen) atoms. The molecule has 2 heterocycles. The van der Waals surface area contributed by atoms with Crippen molar-refractivity contribution in [1.82, 2.24) is 9.88 Å². The lowest BCUT2D eigenvalue weighted by atomic mass is 9.94. The van der Waals surface area contributed by atoms with Gasteiger partial charge in [-0.1, -0.05) is 19.1 Å². The molecule has 0 radical (unpaired) electrons. The second kappa shape index (κ2) is 10.3. The summed E-state index contributed by atoms with van der Waals surface area (Å²) in [5.74, 6) is -0.492. The summed E-state index contributed by atoms with van der Waals surface area (Å²) in [4.78, 5) is 48.3. The van der Waals surface area contributed by atoms with E-state index in [1.165, 1.54) is 17.6 Å². The van der Waals surface area contributed by atoms with Crippen LogP contribution in [0.2, 0.25) is 0 Å². The van der Waals surface area contributed by atoms with Gasteiger partial charge in [-0.3, -0.25) is 14.4 Å². The van der Waals surface area contributed by atoms with Gasteiger partial charge in [-0.05, 0) is 87.4 Å². The van der Waals surface area contributed by atoms with Crippen molar-refractivity contribution in [2.75, 3.05) is 12.0 Å². The average molecular weight is 542 g/mol. The molecule has 0 N–H and O–H groups in total. The predicted molar refractivity (Wildman–Crippen MR) is 154 cm³/mol. The first-order chi connectivity index (χ1) is 18.6. The molecule has 0 aliphatic carbocycles. The van der Waals surface area contributed by atoms with E-state index in [9.17, 15) is 14.4 Å². The summed E-state index contributed by atoms with van der Waals surface area (Å²) in [6.07, 6.45) is 0.536. The van der Waals surface area contributed by atoms with E-state index in [4.69, 9.17) is 9.72 Å². The topological polar surface area (TPSA) is 79.8 Å². The summed E-state index contributed by atoms with van der Waals surface area (Å²) in [5, 5.41) is 0.874. The number of carbonyl (C=O) groups excluding carboxylic acids is 3. The molecule has 1 aliphatic rings. The molecule has 3 amide bonds. The summed E-state index contributed by atoms with van der Waals surface area (Å²) in [7, 11) is 1.54. The van der Waals surface area contributed by atoms with Gasteiger partial charge in [0.15, 0.2) is 0 Å². The molecule has 1 fully saturated rings. The molecule has 7 nitrogen and oxygen atoms in total. The van der Waals surface area contributed by atoms with Gasteiger partial charge in [-0.25, -0.2) is 9.88 Å². The van der Waals surface area contributed by atoms with Crippen LogP contribution in [0.1, 0.15) is 49.5 Å². The highest BCUT2D eigenvalue weighted by Crippen LogP contribution is 2.35. The molecule has 1 aliphatic heterocycles. The van der Waals surface area contributed by atoms with Crippen molar-refractivity contribution in [3.05, 3.63) is 77.9 Å². The standard InChI is InChI=1S/C31H31N3O4S/c1-6-31(3,4)34(29(36)21-8-7-9-23(17-21)38-5)25-18-27(35)33(30(25)37)22-13-11-20(12-14-22)28-32-24-15-10-19(2)16-26(24)39-28/h7-17,25H,6,18H2,1-5H3. The van der Waals surface area contributed by atoms with Crippen molar-refractivity contribution in [1.29, 1.82) is 0 Å². The molecular formula is C31H31N3O4S. The lowest BCUT2D eigenvalue weighted by molar-refractivity contribution is -0.123. The van der Waals surface area contributed by atoms with Crippen LogP contribution in [-0.2, 0) is 9.59 Å². The van der Waals surface area contributed by atoms with E-state index in [2.05, 4.69) is 13.0 Å². The second-order valence-electron chi connectivity index (χ2n) is 10.4. The highest BCUT2D eigenvalue weighted by molar-refractivity contribution is 7.21. The summed E-state index contributed by atoms with van der Waals surface area (Å²) in [6, 6.07) is 19.4. The van der Waals surface area contributed by atoms with Crippen LogP contribution >= 0.6 is 11.3 Å². The summed E-state index contributed by atoms with van der Waals surface area (Å²) in [6.45, 7) is 7.85. The fourth-order valence-electron chi connectivity index (χ4n) is 4.90. The first-order valence-electron chi connectivity index (χ1n) is 12.9. The first kappa shape index (κ1) is 26.6. The van der Waals surface area contributed by atoms with Gasteiger partial charge in [0.05, 0.1) is 29.4 Å². The van der Waals surface area contributed by atoms with Gasteiger partial charge >= 0.3 is 0 Å². The smallest absolute Gasteiger partial charge is 0.257 e. The number of fused-ring (bicyclic) bond motifs is 1. The Labute approximate surface area is 232 Å². The van der Waals surface area contributed by atoms with Gasteiger partial charge in [-0.2, -0.15) is 0 Å². The van der Waals surface area contributed by atoms with E-state index in [1.807, 2.05) is 45.0 Å². The van der Waals surface area contributed by atoms with Crippen molar-refractivity contribution in [3.8, 4) is 16.3 Å². The minimum absolute atomic E-state index is 0.0725. The largest absolute Gasteiger partial charge is 0.497 e. The maximum Gasteiger partial charge on any atom is 0.257 e. The maximum absolute atomic E-state index is 13.8. The third-order valence-corrected chi connectivity index (χ3v) is 8.47. The van der Waals surface area contributed by atoms with Crippen molar-refractivity contribution < 1.29 is 19.1 Å². The zero-order valence-electron chi connectivity index (χ0n) is 22.7. The predicted octanol–water partition coefficient (Wildman–Crippen LogP) is 6.24. The molecule has 1 atom stereocenters. The highest BCUT2D eigenvalue weighted by atomic mass is 32.1. The Balaban J connectivity index is 1.44. The fraction of sp³-hybridized carbons (Fsp3) is 0.290.